The molecule has 1 N–H and O–H groups in total. The second-order valence-corrected chi connectivity index (χ2v) is 2.05. The second-order valence-electron chi connectivity index (χ2n) is 2.05. The first-order chi connectivity index (χ1) is 5.00. The monoisotopic (exact) mass is 197 g/mol. The molecular weight excluding hydrogens is 187 g/mol. The van der Waals surface area contributed by atoms with Crippen LogP contribution in [0.5, 0.6) is 0 Å². The molecule has 0 unspecified atom stereocenters. The zero-order valence-corrected chi connectivity index (χ0v) is 10.8. The Hall–Kier alpha value is 0.316. The van der Waals surface area contributed by atoms with Crippen molar-refractivity contribution in [2.24, 2.45) is 0 Å². The van der Waals surface area contributed by atoms with E-state index in [1.807, 2.05) is 0 Å². The molecule has 0 aliphatic carbocycles. The Morgan fingerprint density at radius 3 is 1.83 bits per heavy atom. The first-order valence-electron chi connectivity index (χ1n) is 2.99. The summed E-state index contributed by atoms with van der Waals surface area (Å²) < 4.78 is 4.32. The number of rotatable bonds is 2. The number of carboxylic acid groups (broad SMARTS) is 1. The van der Waals surface area contributed by atoms with Crippen LogP contribution < -0.4 is 0 Å². The van der Waals surface area contributed by atoms with Gasteiger partial charge >= 0.3 is 11.9 Å². The van der Waals surface area contributed by atoms with Gasteiger partial charge in [0.05, 0.1) is 7.11 Å². The molecule has 0 fully saturated rings. The van der Waals surface area contributed by atoms with Crippen molar-refractivity contribution < 1.29 is 19.4 Å². The van der Waals surface area contributed by atoms with Gasteiger partial charge in [-0.1, -0.05) is 0 Å². The van der Waals surface area contributed by atoms with Crippen LogP contribution in [-0.2, 0) is 14.3 Å². The zero-order valence-electron chi connectivity index (χ0n) is 7.67. The molecule has 0 spiro atoms. The minimum absolute atomic E-state index is 0. The third-order valence-electron chi connectivity index (χ3n) is 1.37. The Labute approximate surface area is 113 Å². The average Bonchev–Trinajstić information content (AvgIpc) is 2.00. The molecule has 5 heteroatoms. The van der Waals surface area contributed by atoms with Gasteiger partial charge in [0.25, 0.3) is 0 Å². The van der Waals surface area contributed by atoms with Crippen LogP contribution in [-0.4, -0.2) is 75.5 Å². The number of esters is 1. The minimum atomic E-state index is -1.10. The molecule has 0 heterocycles. The number of carbonyl (C=O) groups is 2. The van der Waals surface area contributed by atoms with Crippen LogP contribution in [0.3, 0.4) is 0 Å². The van der Waals surface area contributed by atoms with E-state index < -0.39 is 11.9 Å². The van der Waals surface area contributed by atoms with Crippen LogP contribution in [0, 0.1) is 0 Å². The molecule has 0 atom stereocenters. The Kier molecular flexibility index (Phi) is 8.39. The summed E-state index contributed by atoms with van der Waals surface area (Å²) in [5.41, 5.74) is 0.136. The van der Waals surface area contributed by atoms with E-state index in [-0.39, 0.29) is 62.5 Å². The Morgan fingerprint density at radius 2 is 1.58 bits per heavy atom. The minimum Gasteiger partial charge on any atom is -0.478 e. The maximum Gasteiger partial charge on any atom is 0.333 e. The molecule has 0 aromatic heterocycles. The summed E-state index contributed by atoms with van der Waals surface area (Å²) in [5, 5.41) is 8.43. The molecular formula is C7H10KO4. The molecule has 1 radical (unpaired) electrons. The SMILES string of the molecule is COC(=O)C(C)=C(C)C(=O)O.[K]. The third-order valence-corrected chi connectivity index (χ3v) is 1.37. The van der Waals surface area contributed by atoms with Crippen LogP contribution in [0.2, 0.25) is 0 Å². The molecule has 12 heavy (non-hydrogen) atoms. The van der Waals surface area contributed by atoms with Gasteiger partial charge in [0.1, 0.15) is 0 Å². The first-order valence-corrected chi connectivity index (χ1v) is 2.99. The van der Waals surface area contributed by atoms with E-state index >= 15 is 0 Å². The molecule has 0 aliphatic rings. The van der Waals surface area contributed by atoms with Gasteiger partial charge < -0.3 is 9.84 Å². The maximum absolute atomic E-state index is 10.7. The van der Waals surface area contributed by atoms with E-state index in [1.54, 1.807) is 0 Å². The fraction of sp³-hybridized carbons (Fsp3) is 0.429. The van der Waals surface area contributed by atoms with Crippen molar-refractivity contribution in [3.8, 4) is 0 Å². The number of hydrogen-bond donors (Lipinski definition) is 1. The van der Waals surface area contributed by atoms with Gasteiger partial charge in [-0.3, -0.25) is 0 Å². The Morgan fingerprint density at radius 1 is 1.17 bits per heavy atom. The standard InChI is InChI=1S/C7H10O4.K/c1-4(6(8)9)5(2)7(10)11-3;/h1-3H3,(H,8,9);. The molecule has 0 aliphatic heterocycles. The summed E-state index contributed by atoms with van der Waals surface area (Å²) >= 11 is 0. The smallest absolute Gasteiger partial charge is 0.333 e. The second kappa shape index (κ2) is 6.79. The van der Waals surface area contributed by atoms with Gasteiger partial charge in [-0.05, 0) is 13.8 Å². The van der Waals surface area contributed by atoms with E-state index in [0.717, 1.165) is 0 Å². The third kappa shape index (κ3) is 4.37. The van der Waals surface area contributed by atoms with Crippen LogP contribution in [0.4, 0.5) is 0 Å². The summed E-state index contributed by atoms with van der Waals surface area (Å²) in [4.78, 5) is 21.0. The van der Waals surface area contributed by atoms with Gasteiger partial charge in [0.2, 0.25) is 0 Å². The van der Waals surface area contributed by atoms with Crippen LogP contribution >= 0.6 is 0 Å². The van der Waals surface area contributed by atoms with E-state index in [2.05, 4.69) is 4.74 Å². The quantitative estimate of drug-likeness (QED) is 0.390. The van der Waals surface area contributed by atoms with Crippen molar-refractivity contribution in [2.75, 3.05) is 7.11 Å². The number of aliphatic carboxylic acids is 1. The summed E-state index contributed by atoms with van der Waals surface area (Å²) in [6, 6.07) is 0. The molecule has 0 saturated heterocycles. The topological polar surface area (TPSA) is 63.6 Å². The van der Waals surface area contributed by atoms with Crippen molar-refractivity contribution in [1.29, 1.82) is 0 Å². The Bertz CT molecular complexity index is 219. The summed E-state index contributed by atoms with van der Waals surface area (Å²) in [6.07, 6.45) is 0. The van der Waals surface area contributed by atoms with E-state index in [4.69, 9.17) is 5.11 Å². The van der Waals surface area contributed by atoms with Crippen molar-refractivity contribution in [1.82, 2.24) is 0 Å². The predicted octanol–water partition coefficient (Wildman–Crippen LogP) is 0.200. The van der Waals surface area contributed by atoms with Gasteiger partial charge in [0.15, 0.2) is 0 Å². The molecule has 4 nitrogen and oxygen atoms in total. The van der Waals surface area contributed by atoms with Crippen molar-refractivity contribution in [3.63, 3.8) is 0 Å². The fourth-order valence-corrected chi connectivity index (χ4v) is 0.467. The summed E-state index contributed by atoms with van der Waals surface area (Å²) in [6.45, 7) is 2.77. The normalized spacial score (nSPS) is 10.9. The number of hydrogen-bond acceptors (Lipinski definition) is 3. The van der Waals surface area contributed by atoms with Crippen LogP contribution in [0.1, 0.15) is 13.8 Å². The predicted molar refractivity (Wildman–Crippen MR) is 43.8 cm³/mol. The average molecular weight is 197 g/mol. The number of ether oxygens (including phenoxy) is 1. The molecule has 0 bridgehead atoms. The number of carbonyl (C=O) groups excluding carboxylic acids is 1. The van der Waals surface area contributed by atoms with Crippen LogP contribution in [0.15, 0.2) is 11.1 Å². The first kappa shape index (κ1) is 14.8. The van der Waals surface area contributed by atoms with Gasteiger partial charge in [0, 0.05) is 62.5 Å². The van der Waals surface area contributed by atoms with Gasteiger partial charge in [-0.15, -0.1) is 0 Å². The molecule has 0 aromatic carbocycles. The molecule has 0 aromatic rings. The fourth-order valence-electron chi connectivity index (χ4n) is 0.467. The van der Waals surface area contributed by atoms with Gasteiger partial charge in [-0.25, -0.2) is 9.59 Å². The van der Waals surface area contributed by atoms with Crippen molar-refractivity contribution in [3.05, 3.63) is 11.1 Å². The van der Waals surface area contributed by atoms with E-state index in [0.29, 0.717) is 0 Å². The zero-order chi connectivity index (χ0) is 9.02. The molecule has 63 valence electrons. The van der Waals surface area contributed by atoms with E-state index in [9.17, 15) is 9.59 Å². The van der Waals surface area contributed by atoms with Gasteiger partial charge in [-0.2, -0.15) is 0 Å². The van der Waals surface area contributed by atoms with Crippen LogP contribution in [0.25, 0.3) is 0 Å². The summed E-state index contributed by atoms with van der Waals surface area (Å²) in [5.74, 6) is -1.71. The summed E-state index contributed by atoms with van der Waals surface area (Å²) in [7, 11) is 1.21. The molecule has 0 rings (SSSR count). The van der Waals surface area contributed by atoms with Crippen molar-refractivity contribution in [2.45, 2.75) is 13.8 Å². The van der Waals surface area contributed by atoms with Crippen molar-refractivity contribution >= 4 is 63.3 Å². The van der Waals surface area contributed by atoms with E-state index in [1.165, 1.54) is 21.0 Å². The molecule has 0 amide bonds. The number of methoxy groups -OCH3 is 1. The maximum atomic E-state index is 10.7. The largest absolute Gasteiger partial charge is 0.478 e. The number of carboxylic acids is 1. The molecule has 0 saturated carbocycles. The Balaban J connectivity index is 0.